The van der Waals surface area contributed by atoms with Gasteiger partial charge in [-0.15, -0.1) is 0 Å². The van der Waals surface area contributed by atoms with Crippen LogP contribution in [-0.4, -0.2) is 36.3 Å². The number of hydrogen-bond donors (Lipinski definition) is 0. The topological polar surface area (TPSA) is 33.2 Å². The minimum Gasteiger partial charge on any atom is -0.302 e. The summed E-state index contributed by atoms with van der Waals surface area (Å²) in [6.45, 7) is 0.355. The van der Waals surface area contributed by atoms with E-state index in [1.807, 2.05) is 14.1 Å². The van der Waals surface area contributed by atoms with E-state index in [4.69, 9.17) is 11.6 Å². The van der Waals surface area contributed by atoms with Gasteiger partial charge in [-0.3, -0.25) is 9.78 Å². The van der Waals surface area contributed by atoms with Gasteiger partial charge in [0, 0.05) is 11.2 Å². The first-order valence-electron chi connectivity index (χ1n) is 3.89. The molecule has 1 aromatic heterocycles. The molecule has 1 aromatic rings. The molecule has 0 aromatic carbocycles. The van der Waals surface area contributed by atoms with E-state index in [0.29, 0.717) is 17.3 Å². The summed E-state index contributed by atoms with van der Waals surface area (Å²) in [6.07, 6.45) is 1.53. The van der Waals surface area contributed by atoms with Crippen molar-refractivity contribution in [3.05, 3.63) is 29.0 Å². The van der Waals surface area contributed by atoms with E-state index in [9.17, 15) is 4.79 Å². The predicted molar refractivity (Wildman–Crippen MR) is 52.1 cm³/mol. The lowest BCUT2D eigenvalue weighted by atomic mass is 10.2. The number of ketones is 1. The summed E-state index contributed by atoms with van der Waals surface area (Å²) < 4.78 is 0. The second kappa shape index (κ2) is 4.35. The summed E-state index contributed by atoms with van der Waals surface area (Å²) in [5, 5.41) is 0.539. The molecule has 0 saturated heterocycles. The molecular weight excluding hydrogens is 188 g/mol. The van der Waals surface area contributed by atoms with E-state index in [1.165, 1.54) is 6.20 Å². The first-order valence-corrected chi connectivity index (χ1v) is 4.27. The molecule has 3 nitrogen and oxygen atoms in total. The third kappa shape index (κ3) is 3.13. The van der Waals surface area contributed by atoms with Gasteiger partial charge in [-0.2, -0.15) is 0 Å². The van der Waals surface area contributed by atoms with Gasteiger partial charge >= 0.3 is 0 Å². The first kappa shape index (κ1) is 10.2. The maximum Gasteiger partial charge on any atom is 0.195 e. The minimum atomic E-state index is -0.0208. The number of pyridine rings is 1. The molecular formula is C9H11ClN2O. The fraction of sp³-hybridized carbons (Fsp3) is 0.333. The number of rotatable bonds is 3. The second-order valence-electron chi connectivity index (χ2n) is 3.02. The molecule has 0 aliphatic rings. The Bertz CT molecular complexity index is 312. The maximum absolute atomic E-state index is 11.4. The third-order valence-electron chi connectivity index (χ3n) is 1.47. The highest BCUT2D eigenvalue weighted by molar-refractivity contribution is 6.30. The molecule has 0 aliphatic heterocycles. The number of hydrogen-bond acceptors (Lipinski definition) is 3. The van der Waals surface area contributed by atoms with Gasteiger partial charge in [0.05, 0.1) is 6.54 Å². The highest BCUT2D eigenvalue weighted by Gasteiger charge is 2.08. The van der Waals surface area contributed by atoms with Crippen molar-refractivity contribution in [3.8, 4) is 0 Å². The van der Waals surface area contributed by atoms with Gasteiger partial charge < -0.3 is 4.90 Å². The molecule has 0 unspecified atom stereocenters. The highest BCUT2D eigenvalue weighted by atomic mass is 35.5. The molecule has 0 N–H and O–H groups in total. The van der Waals surface area contributed by atoms with Gasteiger partial charge in [-0.05, 0) is 26.2 Å². The summed E-state index contributed by atoms with van der Waals surface area (Å²) in [5.41, 5.74) is 0.418. The van der Waals surface area contributed by atoms with Crippen LogP contribution in [0.4, 0.5) is 0 Å². The smallest absolute Gasteiger partial charge is 0.195 e. The van der Waals surface area contributed by atoms with Crippen LogP contribution in [0, 0.1) is 0 Å². The molecule has 0 fully saturated rings. The standard InChI is InChI=1S/C9H11ClN2O/c1-12(2)6-9(13)8-5-7(10)3-4-11-8/h3-5H,6H2,1-2H3. The Morgan fingerprint density at radius 1 is 1.62 bits per heavy atom. The maximum atomic E-state index is 11.4. The third-order valence-corrected chi connectivity index (χ3v) is 1.70. The number of aromatic nitrogens is 1. The van der Waals surface area contributed by atoms with Gasteiger partial charge in [0.1, 0.15) is 5.69 Å². The summed E-state index contributed by atoms with van der Waals surface area (Å²) >= 11 is 5.72. The van der Waals surface area contributed by atoms with Gasteiger partial charge in [-0.25, -0.2) is 0 Å². The van der Waals surface area contributed by atoms with Crippen LogP contribution in [0.15, 0.2) is 18.3 Å². The van der Waals surface area contributed by atoms with Gasteiger partial charge in [0.2, 0.25) is 0 Å². The van der Waals surface area contributed by atoms with Crippen molar-refractivity contribution in [2.45, 2.75) is 0 Å². The summed E-state index contributed by atoms with van der Waals surface area (Å²) in [4.78, 5) is 17.2. The fourth-order valence-corrected chi connectivity index (χ4v) is 1.09. The first-order chi connectivity index (χ1) is 6.09. The average Bonchev–Trinajstić information content (AvgIpc) is 2.03. The van der Waals surface area contributed by atoms with Crippen LogP contribution in [0.5, 0.6) is 0 Å². The van der Waals surface area contributed by atoms with E-state index < -0.39 is 0 Å². The van der Waals surface area contributed by atoms with Crippen molar-refractivity contribution in [1.29, 1.82) is 0 Å². The molecule has 0 atom stereocenters. The van der Waals surface area contributed by atoms with Crippen molar-refractivity contribution in [2.24, 2.45) is 0 Å². The zero-order valence-electron chi connectivity index (χ0n) is 7.62. The van der Waals surface area contributed by atoms with Gasteiger partial charge in [0.15, 0.2) is 5.78 Å². The summed E-state index contributed by atoms with van der Waals surface area (Å²) in [7, 11) is 3.67. The quantitative estimate of drug-likeness (QED) is 0.690. The fourth-order valence-electron chi connectivity index (χ4n) is 0.925. The van der Waals surface area contributed by atoms with Crippen LogP contribution in [-0.2, 0) is 0 Å². The molecule has 0 aliphatic carbocycles. The van der Waals surface area contributed by atoms with E-state index in [0.717, 1.165) is 0 Å². The van der Waals surface area contributed by atoms with Crippen molar-refractivity contribution in [2.75, 3.05) is 20.6 Å². The Kier molecular flexibility index (Phi) is 3.39. The van der Waals surface area contributed by atoms with Crippen LogP contribution >= 0.6 is 11.6 Å². The van der Waals surface area contributed by atoms with Crippen molar-refractivity contribution in [1.82, 2.24) is 9.88 Å². The molecule has 13 heavy (non-hydrogen) atoms. The lowest BCUT2D eigenvalue weighted by Gasteiger charge is -2.07. The number of halogens is 1. The number of nitrogens with zero attached hydrogens (tertiary/aromatic N) is 2. The number of likely N-dealkylation sites (N-methyl/N-ethyl adjacent to an activating group) is 1. The Labute approximate surface area is 82.3 Å². The lowest BCUT2D eigenvalue weighted by molar-refractivity contribution is 0.0953. The Morgan fingerprint density at radius 2 is 2.31 bits per heavy atom. The lowest BCUT2D eigenvalue weighted by Crippen LogP contribution is -2.22. The van der Waals surface area contributed by atoms with Crippen LogP contribution in [0.2, 0.25) is 5.02 Å². The van der Waals surface area contributed by atoms with E-state index >= 15 is 0 Å². The molecule has 1 rings (SSSR count). The Hall–Kier alpha value is -0.930. The predicted octanol–water partition coefficient (Wildman–Crippen LogP) is 1.48. The van der Waals surface area contributed by atoms with Crippen LogP contribution < -0.4 is 0 Å². The van der Waals surface area contributed by atoms with Crippen LogP contribution in [0.25, 0.3) is 0 Å². The minimum absolute atomic E-state index is 0.0208. The summed E-state index contributed by atoms with van der Waals surface area (Å²) in [6, 6.07) is 3.22. The van der Waals surface area contributed by atoms with Gasteiger partial charge in [0.25, 0.3) is 0 Å². The number of carbonyl (C=O) groups excluding carboxylic acids is 1. The molecule has 4 heteroatoms. The molecule has 70 valence electrons. The van der Waals surface area contributed by atoms with Crippen molar-refractivity contribution in [3.63, 3.8) is 0 Å². The Morgan fingerprint density at radius 3 is 2.85 bits per heavy atom. The highest BCUT2D eigenvalue weighted by Crippen LogP contribution is 2.08. The molecule has 0 spiro atoms. The van der Waals surface area contributed by atoms with E-state index in [1.54, 1.807) is 17.0 Å². The zero-order valence-corrected chi connectivity index (χ0v) is 8.38. The van der Waals surface area contributed by atoms with E-state index in [-0.39, 0.29) is 5.78 Å². The van der Waals surface area contributed by atoms with Crippen LogP contribution in [0.1, 0.15) is 10.5 Å². The summed E-state index contributed by atoms with van der Waals surface area (Å²) in [5.74, 6) is -0.0208. The molecule has 1 heterocycles. The molecule has 0 radical (unpaired) electrons. The Balaban J connectivity index is 2.77. The van der Waals surface area contributed by atoms with Crippen LogP contribution in [0.3, 0.4) is 0 Å². The zero-order chi connectivity index (χ0) is 9.84. The SMILES string of the molecule is CN(C)CC(=O)c1cc(Cl)ccn1. The number of carbonyl (C=O) groups is 1. The molecule has 0 bridgehead atoms. The largest absolute Gasteiger partial charge is 0.302 e. The average molecular weight is 199 g/mol. The van der Waals surface area contributed by atoms with Crippen molar-refractivity contribution >= 4 is 17.4 Å². The monoisotopic (exact) mass is 198 g/mol. The second-order valence-corrected chi connectivity index (χ2v) is 3.46. The van der Waals surface area contributed by atoms with Gasteiger partial charge in [-0.1, -0.05) is 11.6 Å². The normalized spacial score (nSPS) is 10.5. The number of Topliss-reactive ketones (excluding diaryl/α,β-unsaturated/α-hetero) is 1. The molecule has 0 amide bonds. The molecule has 0 saturated carbocycles. The van der Waals surface area contributed by atoms with E-state index in [2.05, 4.69) is 4.98 Å². The van der Waals surface area contributed by atoms with Crippen molar-refractivity contribution < 1.29 is 4.79 Å².